The summed E-state index contributed by atoms with van der Waals surface area (Å²) in [5.74, 6) is 0.997. The predicted molar refractivity (Wildman–Crippen MR) is 108 cm³/mol. The van der Waals surface area contributed by atoms with Crippen LogP contribution in [0.5, 0.6) is 17.2 Å². The first-order chi connectivity index (χ1) is 14.1. The van der Waals surface area contributed by atoms with Crippen LogP contribution in [0.3, 0.4) is 0 Å². The molecule has 29 heavy (non-hydrogen) atoms. The summed E-state index contributed by atoms with van der Waals surface area (Å²) < 4.78 is 18.2. The number of hydrogen-bond acceptors (Lipinski definition) is 5. The van der Waals surface area contributed by atoms with Crippen LogP contribution in [0.25, 0.3) is 0 Å². The van der Waals surface area contributed by atoms with Crippen molar-refractivity contribution in [3.63, 3.8) is 0 Å². The molecule has 2 heterocycles. The van der Waals surface area contributed by atoms with Gasteiger partial charge in [0, 0.05) is 24.9 Å². The maximum absolute atomic E-state index is 12.7. The second kappa shape index (κ2) is 8.10. The third-order valence-electron chi connectivity index (χ3n) is 4.47. The number of anilines is 1. The first-order valence-corrected chi connectivity index (χ1v) is 9.18. The van der Waals surface area contributed by atoms with Crippen LogP contribution in [0.1, 0.15) is 16.1 Å². The minimum atomic E-state index is -0.407. The highest BCUT2D eigenvalue weighted by Crippen LogP contribution is 2.32. The van der Waals surface area contributed by atoms with Crippen LogP contribution >= 0.6 is 0 Å². The summed E-state index contributed by atoms with van der Waals surface area (Å²) in [7, 11) is 1.69. The Bertz CT molecular complexity index is 1090. The lowest BCUT2D eigenvalue weighted by atomic mass is 10.2. The number of pyridine rings is 1. The number of rotatable bonds is 5. The molecule has 0 saturated heterocycles. The van der Waals surface area contributed by atoms with Crippen molar-refractivity contribution in [2.75, 3.05) is 18.5 Å². The van der Waals surface area contributed by atoms with Crippen LogP contribution in [0.2, 0.25) is 0 Å². The first-order valence-electron chi connectivity index (χ1n) is 9.18. The summed E-state index contributed by atoms with van der Waals surface area (Å²) >= 11 is 0. The van der Waals surface area contributed by atoms with Crippen LogP contribution in [-0.2, 0) is 13.7 Å². The number of carbonyl (C=O) groups excluding carboxylic acids is 1. The maximum atomic E-state index is 12.7. The summed E-state index contributed by atoms with van der Waals surface area (Å²) in [6, 6.07) is 16.0. The van der Waals surface area contributed by atoms with Gasteiger partial charge in [0.15, 0.2) is 17.2 Å². The molecule has 0 saturated carbocycles. The topological polar surface area (TPSA) is 78.8 Å². The lowest BCUT2D eigenvalue weighted by Crippen LogP contribution is -2.22. The molecule has 0 spiro atoms. The molecule has 4 rings (SSSR count). The van der Waals surface area contributed by atoms with Crippen LogP contribution in [0, 0.1) is 0 Å². The fourth-order valence-electron chi connectivity index (χ4n) is 2.99. The van der Waals surface area contributed by atoms with E-state index in [1.54, 1.807) is 29.8 Å². The number of aryl methyl sites for hydroxylation is 1. The van der Waals surface area contributed by atoms with Crippen molar-refractivity contribution in [1.29, 1.82) is 0 Å². The van der Waals surface area contributed by atoms with Crippen molar-refractivity contribution < 1.29 is 19.0 Å². The van der Waals surface area contributed by atoms with Crippen LogP contribution < -0.4 is 25.0 Å². The van der Waals surface area contributed by atoms with E-state index in [0.29, 0.717) is 30.4 Å². The Hall–Kier alpha value is -3.74. The van der Waals surface area contributed by atoms with Crippen molar-refractivity contribution in [2.45, 2.75) is 6.61 Å². The first kappa shape index (κ1) is 18.6. The van der Waals surface area contributed by atoms with Crippen molar-refractivity contribution in [2.24, 2.45) is 7.05 Å². The Morgan fingerprint density at radius 1 is 1.07 bits per heavy atom. The third-order valence-corrected chi connectivity index (χ3v) is 4.47. The molecule has 0 atom stereocenters. The number of nitrogens with zero attached hydrogens (tertiary/aromatic N) is 1. The zero-order valence-electron chi connectivity index (χ0n) is 15.9. The Balaban J connectivity index is 1.49. The molecular formula is C22H20N2O5. The second-order valence-electron chi connectivity index (χ2n) is 6.58. The van der Waals surface area contributed by atoms with E-state index < -0.39 is 5.91 Å². The van der Waals surface area contributed by atoms with E-state index in [1.807, 2.05) is 30.3 Å². The molecule has 0 aliphatic carbocycles. The van der Waals surface area contributed by atoms with E-state index in [2.05, 4.69) is 5.32 Å². The van der Waals surface area contributed by atoms with Gasteiger partial charge in [-0.2, -0.15) is 0 Å². The number of aromatic nitrogens is 1. The van der Waals surface area contributed by atoms with Gasteiger partial charge in [0.05, 0.1) is 6.20 Å². The molecule has 1 aliphatic heterocycles. The van der Waals surface area contributed by atoms with Gasteiger partial charge in [0.1, 0.15) is 25.5 Å². The fourth-order valence-corrected chi connectivity index (χ4v) is 2.99. The summed E-state index contributed by atoms with van der Waals surface area (Å²) in [4.78, 5) is 25.1. The van der Waals surface area contributed by atoms with Gasteiger partial charge < -0.3 is 24.1 Å². The summed E-state index contributed by atoms with van der Waals surface area (Å²) in [5, 5.41) is 2.78. The second-order valence-corrected chi connectivity index (χ2v) is 6.58. The van der Waals surface area contributed by atoms with Crippen LogP contribution in [0.15, 0.2) is 65.6 Å². The summed E-state index contributed by atoms with van der Waals surface area (Å²) in [6.07, 6.45) is 1.52. The maximum Gasteiger partial charge on any atom is 0.272 e. The van der Waals surface area contributed by atoms with Crippen LogP contribution in [-0.4, -0.2) is 23.7 Å². The monoisotopic (exact) mass is 392 g/mol. The van der Waals surface area contributed by atoms with Gasteiger partial charge in [0.2, 0.25) is 5.43 Å². The molecule has 2 aromatic carbocycles. The highest BCUT2D eigenvalue weighted by molar-refractivity contribution is 6.03. The quantitative estimate of drug-likeness (QED) is 0.722. The Morgan fingerprint density at radius 3 is 2.62 bits per heavy atom. The van der Waals surface area contributed by atoms with Crippen molar-refractivity contribution in [3.05, 3.63) is 82.3 Å². The molecule has 3 aromatic rings. The molecule has 7 heteroatoms. The van der Waals surface area contributed by atoms with Gasteiger partial charge >= 0.3 is 0 Å². The number of hydrogen-bond donors (Lipinski definition) is 1. The summed E-state index contributed by atoms with van der Waals surface area (Å²) in [6.45, 7) is 1.24. The molecule has 1 aromatic heterocycles. The van der Waals surface area contributed by atoms with Crippen molar-refractivity contribution >= 4 is 11.6 Å². The van der Waals surface area contributed by atoms with E-state index in [9.17, 15) is 9.59 Å². The molecule has 0 unspecified atom stereocenters. The third kappa shape index (κ3) is 4.24. The van der Waals surface area contributed by atoms with E-state index in [0.717, 1.165) is 5.56 Å². The molecule has 0 radical (unpaired) electrons. The van der Waals surface area contributed by atoms with Crippen molar-refractivity contribution in [1.82, 2.24) is 4.57 Å². The lowest BCUT2D eigenvalue weighted by Gasteiger charge is -2.19. The van der Waals surface area contributed by atoms with E-state index in [4.69, 9.17) is 14.2 Å². The highest BCUT2D eigenvalue weighted by Gasteiger charge is 2.16. The van der Waals surface area contributed by atoms with Crippen molar-refractivity contribution in [3.8, 4) is 17.2 Å². The zero-order chi connectivity index (χ0) is 20.2. The Morgan fingerprint density at radius 2 is 1.83 bits per heavy atom. The zero-order valence-corrected chi connectivity index (χ0v) is 15.9. The predicted octanol–water partition coefficient (Wildman–Crippen LogP) is 2.99. The normalized spacial score (nSPS) is 12.3. The molecule has 0 fully saturated rings. The van der Waals surface area contributed by atoms with E-state index in [-0.39, 0.29) is 23.5 Å². The Labute approximate surface area is 167 Å². The minimum Gasteiger partial charge on any atom is -0.486 e. The standard InChI is InChI=1S/C22H20N2O5/c1-24-13-21(29-14-15-5-3-2-4-6-15)18(25)12-17(24)22(26)23-16-7-8-19-20(11-16)28-10-9-27-19/h2-8,11-13H,9-10,14H2,1H3,(H,23,26). The fraction of sp³-hybridized carbons (Fsp3) is 0.182. The molecule has 7 nitrogen and oxygen atoms in total. The average Bonchev–Trinajstić information content (AvgIpc) is 2.74. The highest BCUT2D eigenvalue weighted by atomic mass is 16.6. The molecule has 0 bridgehead atoms. The number of nitrogens with one attached hydrogen (secondary N) is 1. The van der Waals surface area contributed by atoms with Crippen LogP contribution in [0.4, 0.5) is 5.69 Å². The van der Waals surface area contributed by atoms with Gasteiger partial charge in [-0.05, 0) is 17.7 Å². The van der Waals surface area contributed by atoms with Gasteiger partial charge in [-0.15, -0.1) is 0 Å². The molecular weight excluding hydrogens is 372 g/mol. The molecule has 1 amide bonds. The number of benzene rings is 2. The van der Waals surface area contributed by atoms with E-state index in [1.165, 1.54) is 12.3 Å². The molecule has 1 aliphatic rings. The smallest absolute Gasteiger partial charge is 0.272 e. The number of fused-ring (bicyclic) bond motifs is 1. The molecule has 1 N–H and O–H groups in total. The minimum absolute atomic E-state index is 0.187. The average molecular weight is 392 g/mol. The Kier molecular flexibility index (Phi) is 5.20. The van der Waals surface area contributed by atoms with E-state index >= 15 is 0 Å². The number of carbonyl (C=O) groups is 1. The van der Waals surface area contributed by atoms with Gasteiger partial charge in [-0.3, -0.25) is 9.59 Å². The van der Waals surface area contributed by atoms with Gasteiger partial charge in [-0.1, -0.05) is 30.3 Å². The van der Waals surface area contributed by atoms with Gasteiger partial charge in [-0.25, -0.2) is 0 Å². The number of ether oxygens (including phenoxy) is 3. The largest absolute Gasteiger partial charge is 0.486 e. The number of amides is 1. The SMILES string of the molecule is Cn1cc(OCc2ccccc2)c(=O)cc1C(=O)Nc1ccc2c(c1)OCCO2. The summed E-state index contributed by atoms with van der Waals surface area (Å²) in [5.41, 5.74) is 1.37. The molecule has 148 valence electrons. The lowest BCUT2D eigenvalue weighted by molar-refractivity contribution is 0.101. The van der Waals surface area contributed by atoms with Gasteiger partial charge in [0.25, 0.3) is 5.91 Å².